The molecule has 1 heterocycles. The molecular formula is C21H21IN2O. The van der Waals surface area contributed by atoms with E-state index in [1.807, 2.05) is 12.1 Å². The van der Waals surface area contributed by atoms with Crippen molar-refractivity contribution in [3.63, 3.8) is 0 Å². The van der Waals surface area contributed by atoms with E-state index in [1.165, 1.54) is 3.57 Å². The summed E-state index contributed by atoms with van der Waals surface area (Å²) in [5, 5.41) is 7.17. The maximum atomic E-state index is 13.1. The average Bonchev–Trinajstić information content (AvgIpc) is 2.70. The van der Waals surface area contributed by atoms with Gasteiger partial charge in [0.1, 0.15) is 0 Å². The fourth-order valence-corrected chi connectivity index (χ4v) is 4.39. The first-order valence-corrected chi connectivity index (χ1v) is 9.65. The molecule has 1 atom stereocenters. The van der Waals surface area contributed by atoms with Crippen LogP contribution in [0.3, 0.4) is 0 Å². The Hall–Kier alpha value is -1.82. The Labute approximate surface area is 162 Å². The van der Waals surface area contributed by atoms with Crippen LogP contribution in [0.1, 0.15) is 38.3 Å². The molecule has 4 heteroatoms. The number of hydrogen-bond acceptors (Lipinski definition) is 3. The Kier molecular flexibility index (Phi) is 4.10. The summed E-state index contributed by atoms with van der Waals surface area (Å²) in [5.41, 5.74) is 5.13. The van der Waals surface area contributed by atoms with E-state index in [4.69, 9.17) is 0 Å². The summed E-state index contributed by atoms with van der Waals surface area (Å²) < 4.78 is 1.17. The molecule has 128 valence electrons. The third-order valence-electron chi connectivity index (χ3n) is 4.90. The number of ketones is 1. The van der Waals surface area contributed by atoms with Crippen molar-refractivity contribution in [2.45, 2.75) is 32.7 Å². The summed E-state index contributed by atoms with van der Waals surface area (Å²) >= 11 is 2.33. The van der Waals surface area contributed by atoms with E-state index in [-0.39, 0.29) is 17.2 Å². The zero-order valence-electron chi connectivity index (χ0n) is 14.4. The fourth-order valence-electron chi connectivity index (χ4n) is 3.83. The second-order valence-electron chi connectivity index (χ2n) is 7.64. The van der Waals surface area contributed by atoms with Crippen molar-refractivity contribution in [2.24, 2.45) is 5.41 Å². The topological polar surface area (TPSA) is 41.1 Å². The number of Topliss-reactive ketones (excluding diaryl/α,β-unsaturated/α-hetero) is 1. The van der Waals surface area contributed by atoms with Gasteiger partial charge >= 0.3 is 0 Å². The van der Waals surface area contributed by atoms with E-state index in [0.717, 1.165) is 34.6 Å². The first kappa shape index (κ1) is 16.6. The molecule has 2 aromatic rings. The second-order valence-corrected chi connectivity index (χ2v) is 8.88. The van der Waals surface area contributed by atoms with Crippen LogP contribution in [-0.2, 0) is 4.79 Å². The number of rotatable bonds is 1. The Morgan fingerprint density at radius 1 is 1.04 bits per heavy atom. The molecule has 2 N–H and O–H groups in total. The molecule has 3 nitrogen and oxygen atoms in total. The molecule has 4 rings (SSSR count). The van der Waals surface area contributed by atoms with Crippen molar-refractivity contribution >= 4 is 39.7 Å². The summed E-state index contributed by atoms with van der Waals surface area (Å²) in [7, 11) is 0. The van der Waals surface area contributed by atoms with Crippen molar-refractivity contribution in [1.82, 2.24) is 0 Å². The first-order valence-electron chi connectivity index (χ1n) is 8.57. The zero-order chi connectivity index (χ0) is 17.6. The molecule has 0 saturated carbocycles. The summed E-state index contributed by atoms with van der Waals surface area (Å²) in [4.78, 5) is 13.1. The van der Waals surface area contributed by atoms with Crippen LogP contribution in [0.2, 0.25) is 0 Å². The van der Waals surface area contributed by atoms with Gasteiger partial charge in [-0.2, -0.15) is 0 Å². The number of carbonyl (C=O) groups is 1. The lowest BCUT2D eigenvalue weighted by Crippen LogP contribution is -2.31. The number of carbonyl (C=O) groups excluding carboxylic acids is 1. The van der Waals surface area contributed by atoms with Gasteiger partial charge in [0, 0.05) is 21.3 Å². The number of allylic oxidation sites excluding steroid dienone is 1. The van der Waals surface area contributed by atoms with Gasteiger partial charge < -0.3 is 10.6 Å². The smallest absolute Gasteiger partial charge is 0.163 e. The molecule has 0 amide bonds. The number of anilines is 2. The maximum absolute atomic E-state index is 13.1. The van der Waals surface area contributed by atoms with Crippen LogP contribution >= 0.6 is 22.6 Å². The van der Waals surface area contributed by atoms with Crippen LogP contribution in [0, 0.1) is 8.99 Å². The van der Waals surface area contributed by atoms with E-state index >= 15 is 0 Å². The normalized spacial score (nSPS) is 21.6. The number of nitrogens with one attached hydrogen (secondary N) is 2. The minimum absolute atomic E-state index is 0.0160. The maximum Gasteiger partial charge on any atom is 0.163 e. The number of halogens is 1. The minimum Gasteiger partial charge on any atom is -0.372 e. The Bertz CT molecular complexity index is 885. The highest BCUT2D eigenvalue weighted by Gasteiger charge is 2.38. The van der Waals surface area contributed by atoms with Crippen molar-refractivity contribution in [2.75, 3.05) is 10.6 Å². The van der Waals surface area contributed by atoms with Gasteiger partial charge in [-0.1, -0.05) is 38.1 Å². The van der Waals surface area contributed by atoms with Crippen LogP contribution in [-0.4, -0.2) is 5.78 Å². The highest BCUT2D eigenvalue weighted by molar-refractivity contribution is 14.1. The van der Waals surface area contributed by atoms with Crippen molar-refractivity contribution in [3.8, 4) is 0 Å². The average molecular weight is 444 g/mol. The lowest BCUT2D eigenvalue weighted by Gasteiger charge is -2.34. The highest BCUT2D eigenvalue weighted by atomic mass is 127. The van der Waals surface area contributed by atoms with Crippen LogP contribution in [0.15, 0.2) is 59.8 Å². The number of fused-ring (bicyclic) bond motifs is 1. The van der Waals surface area contributed by atoms with Gasteiger partial charge in [-0.25, -0.2) is 0 Å². The molecule has 0 radical (unpaired) electrons. The third-order valence-corrected chi connectivity index (χ3v) is 5.57. The van der Waals surface area contributed by atoms with Gasteiger partial charge in [0.25, 0.3) is 0 Å². The second kappa shape index (κ2) is 6.16. The van der Waals surface area contributed by atoms with Crippen LogP contribution < -0.4 is 10.6 Å². The molecular weight excluding hydrogens is 423 g/mol. The summed E-state index contributed by atoms with van der Waals surface area (Å²) in [5.74, 6) is 0.239. The largest absolute Gasteiger partial charge is 0.372 e. The molecule has 1 unspecified atom stereocenters. The lowest BCUT2D eigenvalue weighted by atomic mass is 9.73. The number of para-hydroxylation sites is 2. The summed E-state index contributed by atoms with van der Waals surface area (Å²) in [6.45, 7) is 4.34. The molecule has 1 aliphatic heterocycles. The number of hydrogen-bond donors (Lipinski definition) is 2. The first-order chi connectivity index (χ1) is 11.9. The Morgan fingerprint density at radius 2 is 1.80 bits per heavy atom. The van der Waals surface area contributed by atoms with E-state index in [9.17, 15) is 4.79 Å². The minimum atomic E-state index is -0.121. The highest BCUT2D eigenvalue weighted by Crippen LogP contribution is 2.45. The molecule has 25 heavy (non-hydrogen) atoms. The van der Waals surface area contributed by atoms with Gasteiger partial charge in [-0.05, 0) is 64.3 Å². The molecule has 2 aliphatic rings. The summed E-state index contributed by atoms with van der Waals surface area (Å²) in [6.07, 6.45) is 1.47. The fraction of sp³-hybridized carbons (Fsp3) is 0.286. The third kappa shape index (κ3) is 3.19. The predicted octanol–water partition coefficient (Wildman–Crippen LogP) is 5.51. The van der Waals surface area contributed by atoms with E-state index in [0.29, 0.717) is 6.42 Å². The number of benzene rings is 2. The summed E-state index contributed by atoms with van der Waals surface area (Å²) in [6, 6.07) is 16.5. The van der Waals surface area contributed by atoms with Crippen molar-refractivity contribution < 1.29 is 4.79 Å². The van der Waals surface area contributed by atoms with Crippen molar-refractivity contribution in [3.05, 3.63) is 68.9 Å². The molecule has 0 spiro atoms. The standard InChI is InChI=1S/C21H21IN2O/c1-21(2)11-17-19(18(25)12-21)20(13-6-5-7-14(22)10-13)24-16-9-4-3-8-15(16)23-17/h3-10,20,23-24H,11-12H2,1-2H3. The quantitative estimate of drug-likeness (QED) is 0.570. The molecule has 0 saturated heterocycles. The van der Waals surface area contributed by atoms with Crippen LogP contribution in [0.25, 0.3) is 0 Å². The van der Waals surface area contributed by atoms with E-state index < -0.39 is 0 Å². The Morgan fingerprint density at radius 3 is 2.56 bits per heavy atom. The predicted molar refractivity (Wildman–Crippen MR) is 111 cm³/mol. The monoisotopic (exact) mass is 444 g/mol. The Balaban J connectivity index is 1.90. The van der Waals surface area contributed by atoms with Crippen LogP contribution in [0.4, 0.5) is 11.4 Å². The van der Waals surface area contributed by atoms with Gasteiger partial charge in [-0.3, -0.25) is 4.79 Å². The van der Waals surface area contributed by atoms with Crippen molar-refractivity contribution in [1.29, 1.82) is 0 Å². The zero-order valence-corrected chi connectivity index (χ0v) is 16.6. The van der Waals surface area contributed by atoms with Gasteiger partial charge in [0.15, 0.2) is 5.78 Å². The van der Waals surface area contributed by atoms with E-state index in [1.54, 1.807) is 0 Å². The lowest BCUT2D eigenvalue weighted by molar-refractivity contribution is -0.118. The van der Waals surface area contributed by atoms with Gasteiger partial charge in [0.05, 0.1) is 17.4 Å². The molecule has 0 fully saturated rings. The molecule has 0 aromatic heterocycles. The molecule has 1 aliphatic carbocycles. The van der Waals surface area contributed by atoms with E-state index in [2.05, 4.69) is 83.5 Å². The molecule has 0 bridgehead atoms. The van der Waals surface area contributed by atoms with Crippen LogP contribution in [0.5, 0.6) is 0 Å². The molecule has 2 aromatic carbocycles. The van der Waals surface area contributed by atoms with Gasteiger partial charge in [-0.15, -0.1) is 0 Å². The van der Waals surface area contributed by atoms with Gasteiger partial charge in [0.2, 0.25) is 0 Å². The SMILES string of the molecule is CC1(C)CC(=O)C2=C(C1)Nc1ccccc1NC2c1cccc(I)c1.